The van der Waals surface area contributed by atoms with Gasteiger partial charge in [-0.15, -0.1) is 0 Å². The lowest BCUT2D eigenvalue weighted by Gasteiger charge is -2.19. The van der Waals surface area contributed by atoms with E-state index in [0.29, 0.717) is 18.0 Å². The number of nitrogens with zero attached hydrogens (tertiary/aromatic N) is 2. The van der Waals surface area contributed by atoms with Gasteiger partial charge in [0.15, 0.2) is 11.5 Å². The second-order valence-electron chi connectivity index (χ2n) is 6.44. The Kier molecular flexibility index (Phi) is 5.69. The Morgan fingerprint density at radius 2 is 2.08 bits per heavy atom. The Balaban J connectivity index is 1.43. The van der Waals surface area contributed by atoms with Crippen molar-refractivity contribution in [1.29, 1.82) is 0 Å². The average Bonchev–Trinajstić information content (AvgIpc) is 3.15. The first-order chi connectivity index (χ1) is 11.7. The van der Waals surface area contributed by atoms with Crippen LogP contribution in [0.25, 0.3) is 11.5 Å². The van der Waals surface area contributed by atoms with Gasteiger partial charge in [0.2, 0.25) is 0 Å². The minimum atomic E-state index is -0.142. The molecule has 1 saturated heterocycles. The predicted molar refractivity (Wildman–Crippen MR) is 92.9 cm³/mol. The van der Waals surface area contributed by atoms with Gasteiger partial charge in [0, 0.05) is 12.6 Å². The fourth-order valence-electron chi connectivity index (χ4n) is 3.10. The molecule has 2 aromatic rings. The van der Waals surface area contributed by atoms with Gasteiger partial charge in [0.05, 0.1) is 0 Å². The van der Waals surface area contributed by atoms with E-state index in [-0.39, 0.29) is 5.91 Å². The fraction of sp³-hybridized carbons (Fsp3) is 0.556. The van der Waals surface area contributed by atoms with Crippen molar-refractivity contribution in [2.75, 3.05) is 26.2 Å². The Hall–Kier alpha value is -2.08. The van der Waals surface area contributed by atoms with Crippen molar-refractivity contribution in [2.24, 2.45) is 0 Å². The average molecular weight is 330 g/mol. The normalized spacial score (nSPS) is 16.0. The first-order valence-corrected chi connectivity index (χ1v) is 8.85. The molecule has 3 rings (SSSR count). The molecule has 2 N–H and O–H groups in total. The van der Waals surface area contributed by atoms with Crippen LogP contribution in [0.5, 0.6) is 0 Å². The van der Waals surface area contributed by atoms with Gasteiger partial charge in [-0.25, -0.2) is 0 Å². The van der Waals surface area contributed by atoms with Crippen molar-refractivity contribution in [1.82, 2.24) is 20.4 Å². The third kappa shape index (κ3) is 4.47. The zero-order valence-electron chi connectivity index (χ0n) is 14.3. The third-order valence-corrected chi connectivity index (χ3v) is 4.45. The van der Waals surface area contributed by atoms with Gasteiger partial charge in [-0.3, -0.25) is 9.89 Å². The lowest BCUT2D eigenvalue weighted by Crippen LogP contribution is -2.30. The summed E-state index contributed by atoms with van der Waals surface area (Å²) in [6, 6.07) is 5.48. The first-order valence-electron chi connectivity index (χ1n) is 8.85. The molecule has 0 aliphatic carbocycles. The van der Waals surface area contributed by atoms with Gasteiger partial charge in [0.1, 0.15) is 11.5 Å². The van der Waals surface area contributed by atoms with E-state index in [1.54, 1.807) is 6.07 Å². The van der Waals surface area contributed by atoms with Gasteiger partial charge in [-0.2, -0.15) is 5.10 Å². The van der Waals surface area contributed by atoms with Crippen molar-refractivity contribution in [3.05, 3.63) is 29.7 Å². The van der Waals surface area contributed by atoms with Crippen LogP contribution in [0.2, 0.25) is 0 Å². The largest absolute Gasteiger partial charge is 0.460 e. The SMILES string of the molecule is Cc1ccc(-c2cc(C(=O)NCCCN3CCCCCC3)n[nH]2)o1. The van der Waals surface area contributed by atoms with E-state index in [2.05, 4.69) is 20.4 Å². The number of hydrogen-bond acceptors (Lipinski definition) is 4. The number of furan rings is 1. The van der Waals surface area contributed by atoms with E-state index in [1.807, 2.05) is 19.1 Å². The summed E-state index contributed by atoms with van der Waals surface area (Å²) < 4.78 is 5.53. The quantitative estimate of drug-likeness (QED) is 0.799. The summed E-state index contributed by atoms with van der Waals surface area (Å²) in [4.78, 5) is 14.7. The monoisotopic (exact) mass is 330 g/mol. The highest BCUT2D eigenvalue weighted by atomic mass is 16.3. The van der Waals surface area contributed by atoms with E-state index in [9.17, 15) is 4.79 Å². The minimum Gasteiger partial charge on any atom is -0.460 e. The number of aryl methyl sites for hydroxylation is 1. The standard InChI is InChI=1S/C18H26N4O2/c1-14-7-8-17(24-14)15-13-16(21-20-15)18(23)19-9-6-12-22-10-4-2-3-5-11-22/h7-8,13H,2-6,9-12H2,1H3,(H,19,23)(H,20,21). The summed E-state index contributed by atoms with van der Waals surface area (Å²) in [6.45, 7) is 6.01. The van der Waals surface area contributed by atoms with Crippen LogP contribution >= 0.6 is 0 Å². The second-order valence-corrected chi connectivity index (χ2v) is 6.44. The van der Waals surface area contributed by atoms with Gasteiger partial charge >= 0.3 is 0 Å². The van der Waals surface area contributed by atoms with Crippen LogP contribution in [0.4, 0.5) is 0 Å². The number of rotatable bonds is 6. The van der Waals surface area contributed by atoms with Crippen molar-refractivity contribution < 1.29 is 9.21 Å². The fourth-order valence-corrected chi connectivity index (χ4v) is 3.10. The number of hydrogen-bond donors (Lipinski definition) is 2. The van der Waals surface area contributed by atoms with E-state index < -0.39 is 0 Å². The van der Waals surface area contributed by atoms with Crippen LogP contribution in [0.3, 0.4) is 0 Å². The number of likely N-dealkylation sites (tertiary alicyclic amines) is 1. The molecule has 0 aromatic carbocycles. The number of carbonyl (C=O) groups is 1. The molecule has 24 heavy (non-hydrogen) atoms. The molecule has 1 aliphatic heterocycles. The van der Waals surface area contributed by atoms with Crippen LogP contribution in [0, 0.1) is 6.92 Å². The summed E-state index contributed by atoms with van der Waals surface area (Å²) >= 11 is 0. The predicted octanol–water partition coefficient (Wildman–Crippen LogP) is 2.97. The highest BCUT2D eigenvalue weighted by Crippen LogP contribution is 2.20. The number of carbonyl (C=O) groups excluding carboxylic acids is 1. The maximum absolute atomic E-state index is 12.2. The number of H-pyrrole nitrogens is 1. The van der Waals surface area contributed by atoms with Crippen LogP contribution in [-0.4, -0.2) is 47.2 Å². The molecule has 0 bridgehead atoms. The molecule has 6 heteroatoms. The summed E-state index contributed by atoms with van der Waals surface area (Å²) in [5, 5.41) is 9.87. The van der Waals surface area contributed by atoms with Crippen LogP contribution in [0.15, 0.2) is 22.6 Å². The highest BCUT2D eigenvalue weighted by Gasteiger charge is 2.13. The Labute approximate surface area is 142 Å². The summed E-state index contributed by atoms with van der Waals surface area (Å²) in [5.41, 5.74) is 1.12. The topological polar surface area (TPSA) is 74.2 Å². The van der Waals surface area contributed by atoms with Gasteiger partial charge in [0.25, 0.3) is 5.91 Å². The summed E-state index contributed by atoms with van der Waals surface area (Å²) in [6.07, 6.45) is 6.28. The third-order valence-electron chi connectivity index (χ3n) is 4.45. The molecule has 1 aliphatic rings. The molecule has 0 atom stereocenters. The van der Waals surface area contributed by atoms with Gasteiger partial charge in [-0.1, -0.05) is 12.8 Å². The zero-order chi connectivity index (χ0) is 16.8. The Bertz CT molecular complexity index is 654. The molecular formula is C18H26N4O2. The molecule has 0 radical (unpaired) electrons. The molecular weight excluding hydrogens is 304 g/mol. The van der Waals surface area contributed by atoms with E-state index >= 15 is 0 Å². The lowest BCUT2D eigenvalue weighted by molar-refractivity contribution is 0.0946. The second kappa shape index (κ2) is 8.15. The van der Waals surface area contributed by atoms with E-state index in [0.717, 1.165) is 24.4 Å². The maximum atomic E-state index is 12.2. The summed E-state index contributed by atoms with van der Waals surface area (Å²) in [5.74, 6) is 1.39. The molecule has 1 amide bonds. The number of nitrogens with one attached hydrogen (secondary N) is 2. The molecule has 2 aromatic heterocycles. The van der Waals surface area contributed by atoms with Crippen molar-refractivity contribution >= 4 is 5.91 Å². The van der Waals surface area contributed by atoms with E-state index in [1.165, 1.54) is 38.8 Å². The van der Waals surface area contributed by atoms with Crippen LogP contribution in [0.1, 0.15) is 48.4 Å². The van der Waals surface area contributed by atoms with Gasteiger partial charge in [-0.05, 0) is 58.0 Å². The Morgan fingerprint density at radius 1 is 1.29 bits per heavy atom. The van der Waals surface area contributed by atoms with Gasteiger partial charge < -0.3 is 14.6 Å². The Morgan fingerprint density at radius 3 is 2.79 bits per heavy atom. The number of aromatic amines is 1. The highest BCUT2D eigenvalue weighted by molar-refractivity contribution is 5.93. The van der Waals surface area contributed by atoms with E-state index in [4.69, 9.17) is 4.42 Å². The molecule has 0 unspecified atom stereocenters. The van der Waals surface area contributed by atoms with Crippen molar-refractivity contribution in [2.45, 2.75) is 39.0 Å². The summed E-state index contributed by atoms with van der Waals surface area (Å²) in [7, 11) is 0. The molecule has 0 saturated carbocycles. The number of aromatic nitrogens is 2. The molecule has 3 heterocycles. The van der Waals surface area contributed by atoms with Crippen LogP contribution < -0.4 is 5.32 Å². The zero-order valence-corrected chi connectivity index (χ0v) is 14.3. The van der Waals surface area contributed by atoms with Crippen LogP contribution in [-0.2, 0) is 0 Å². The van der Waals surface area contributed by atoms with Crippen molar-refractivity contribution in [3.63, 3.8) is 0 Å². The maximum Gasteiger partial charge on any atom is 0.271 e. The first kappa shape index (κ1) is 16.8. The lowest BCUT2D eigenvalue weighted by atomic mass is 10.2. The molecule has 1 fully saturated rings. The molecule has 6 nitrogen and oxygen atoms in total. The number of amides is 1. The van der Waals surface area contributed by atoms with Crippen molar-refractivity contribution in [3.8, 4) is 11.5 Å². The smallest absolute Gasteiger partial charge is 0.271 e. The molecule has 0 spiro atoms. The minimum absolute atomic E-state index is 0.142. The molecule has 130 valence electrons.